The number of nitrogens with zero attached hydrogens (tertiary/aromatic N) is 1. The van der Waals surface area contributed by atoms with Gasteiger partial charge in [-0.3, -0.25) is 4.79 Å². The zero-order valence-electron chi connectivity index (χ0n) is 16.5. The molecule has 1 amide bonds. The van der Waals surface area contributed by atoms with E-state index in [1.165, 1.54) is 11.4 Å². The highest BCUT2D eigenvalue weighted by atomic mass is 35.5. The molecule has 3 rings (SSSR count). The average Bonchev–Trinajstić information content (AvgIpc) is 2.73. The zero-order valence-corrected chi connectivity index (χ0v) is 18.1. The molecule has 1 heterocycles. The predicted molar refractivity (Wildman–Crippen MR) is 113 cm³/mol. The van der Waals surface area contributed by atoms with Crippen LogP contribution in [0.15, 0.2) is 47.4 Å². The van der Waals surface area contributed by atoms with E-state index < -0.39 is 15.9 Å². The lowest BCUT2D eigenvalue weighted by atomic mass is 9.99. The summed E-state index contributed by atoms with van der Waals surface area (Å²) in [5.74, 6) is -0.265. The predicted octanol–water partition coefficient (Wildman–Crippen LogP) is 3.37. The molecule has 1 aliphatic heterocycles. The number of piperidine rings is 1. The molecule has 8 heteroatoms. The normalized spacial score (nSPS) is 17.7. The Balaban J connectivity index is 1.72. The minimum Gasteiger partial charge on any atom is -0.495 e. The molecule has 2 aromatic rings. The van der Waals surface area contributed by atoms with Crippen molar-refractivity contribution in [1.29, 1.82) is 0 Å². The fraction of sp³-hybridized carbons (Fsp3) is 0.381. The van der Waals surface area contributed by atoms with Gasteiger partial charge in [0.25, 0.3) is 0 Å². The van der Waals surface area contributed by atoms with Crippen LogP contribution in [0.25, 0.3) is 0 Å². The minimum atomic E-state index is -3.76. The third kappa shape index (κ3) is 4.91. The van der Waals surface area contributed by atoms with Crippen molar-refractivity contribution in [3.05, 3.63) is 58.6 Å². The van der Waals surface area contributed by atoms with Crippen molar-refractivity contribution in [1.82, 2.24) is 9.62 Å². The number of ether oxygens (including phenoxy) is 1. The maximum atomic E-state index is 13.2. The fourth-order valence-electron chi connectivity index (χ4n) is 3.47. The topological polar surface area (TPSA) is 75.7 Å². The molecule has 1 aliphatic rings. The molecule has 6 nitrogen and oxygen atoms in total. The number of amides is 1. The standard InChI is InChI=1S/C21H25ClN2O4S/c1-15-9-10-19(28-2)20(12-15)29(26,27)24-11-5-7-17(14-24)21(25)23-13-16-6-3-4-8-18(16)22/h3-4,6,8-10,12,17H,5,7,11,13-14H2,1-2H3,(H,23,25). The van der Waals surface area contributed by atoms with Crippen molar-refractivity contribution in [3.8, 4) is 5.75 Å². The van der Waals surface area contributed by atoms with Crippen LogP contribution in [0, 0.1) is 12.8 Å². The van der Waals surface area contributed by atoms with Gasteiger partial charge in [-0.2, -0.15) is 4.31 Å². The van der Waals surface area contributed by atoms with Gasteiger partial charge in [0.15, 0.2) is 0 Å². The quantitative estimate of drug-likeness (QED) is 0.753. The Kier molecular flexibility index (Phi) is 6.82. The van der Waals surface area contributed by atoms with Crippen molar-refractivity contribution in [2.24, 2.45) is 5.92 Å². The third-order valence-corrected chi connectivity index (χ3v) is 7.36. The Hall–Kier alpha value is -2.09. The van der Waals surface area contributed by atoms with Gasteiger partial charge in [-0.1, -0.05) is 35.9 Å². The molecular formula is C21H25ClN2O4S. The second kappa shape index (κ2) is 9.15. The molecular weight excluding hydrogens is 412 g/mol. The first-order chi connectivity index (χ1) is 13.8. The summed E-state index contributed by atoms with van der Waals surface area (Å²) < 4.78 is 33.1. The molecule has 0 saturated carbocycles. The first-order valence-electron chi connectivity index (χ1n) is 9.49. The maximum Gasteiger partial charge on any atom is 0.246 e. The van der Waals surface area contributed by atoms with Crippen LogP contribution in [0.4, 0.5) is 0 Å². The number of hydrogen-bond acceptors (Lipinski definition) is 4. The Morgan fingerprint density at radius 2 is 2.03 bits per heavy atom. The second-order valence-electron chi connectivity index (χ2n) is 7.17. The van der Waals surface area contributed by atoms with Crippen LogP contribution >= 0.6 is 11.6 Å². The van der Waals surface area contributed by atoms with Crippen molar-refractivity contribution in [3.63, 3.8) is 0 Å². The van der Waals surface area contributed by atoms with E-state index in [1.807, 2.05) is 25.1 Å². The van der Waals surface area contributed by atoms with Crippen LogP contribution in [0.2, 0.25) is 5.02 Å². The summed E-state index contributed by atoms with van der Waals surface area (Å²) >= 11 is 6.13. The third-order valence-electron chi connectivity index (χ3n) is 5.10. The molecule has 1 saturated heterocycles. The lowest BCUT2D eigenvalue weighted by Crippen LogP contribution is -2.45. The van der Waals surface area contributed by atoms with Gasteiger partial charge in [-0.05, 0) is 49.1 Å². The Bertz CT molecular complexity index is 994. The lowest BCUT2D eigenvalue weighted by molar-refractivity contribution is -0.126. The zero-order chi connectivity index (χ0) is 21.0. The molecule has 0 aliphatic carbocycles. The highest BCUT2D eigenvalue weighted by molar-refractivity contribution is 7.89. The van der Waals surface area contributed by atoms with Crippen molar-refractivity contribution in [2.45, 2.75) is 31.2 Å². The molecule has 1 fully saturated rings. The molecule has 0 aromatic heterocycles. The number of carbonyl (C=O) groups excluding carboxylic acids is 1. The first-order valence-corrected chi connectivity index (χ1v) is 11.3. The average molecular weight is 437 g/mol. The molecule has 156 valence electrons. The van der Waals surface area contributed by atoms with Gasteiger partial charge in [0.1, 0.15) is 10.6 Å². The van der Waals surface area contributed by atoms with Gasteiger partial charge in [0.2, 0.25) is 15.9 Å². The number of rotatable bonds is 6. The van der Waals surface area contributed by atoms with Gasteiger partial charge in [0, 0.05) is 24.7 Å². The number of sulfonamides is 1. The molecule has 2 aromatic carbocycles. The van der Waals surface area contributed by atoms with E-state index in [2.05, 4.69) is 5.32 Å². The number of halogens is 1. The summed E-state index contributed by atoms with van der Waals surface area (Å²) in [5, 5.41) is 3.47. The summed E-state index contributed by atoms with van der Waals surface area (Å²) in [6, 6.07) is 12.4. The van der Waals surface area contributed by atoms with Crippen molar-refractivity contribution >= 4 is 27.5 Å². The molecule has 0 spiro atoms. The van der Waals surface area contributed by atoms with Crippen LogP contribution in [0.1, 0.15) is 24.0 Å². The van der Waals surface area contributed by atoms with Crippen LogP contribution in [-0.2, 0) is 21.4 Å². The summed E-state index contributed by atoms with van der Waals surface area (Å²) in [7, 11) is -2.31. The number of benzene rings is 2. The number of carbonyl (C=O) groups is 1. The van der Waals surface area contributed by atoms with Gasteiger partial charge >= 0.3 is 0 Å². The largest absolute Gasteiger partial charge is 0.495 e. The summed E-state index contributed by atoms with van der Waals surface area (Å²) in [6.45, 7) is 2.68. The SMILES string of the molecule is COc1ccc(C)cc1S(=O)(=O)N1CCCC(C(=O)NCc2ccccc2Cl)C1. The highest BCUT2D eigenvalue weighted by Crippen LogP contribution is 2.30. The molecule has 0 radical (unpaired) electrons. The monoisotopic (exact) mass is 436 g/mol. The molecule has 0 bridgehead atoms. The maximum absolute atomic E-state index is 13.2. The van der Waals surface area contributed by atoms with E-state index in [4.69, 9.17) is 16.3 Å². The Morgan fingerprint density at radius 3 is 2.76 bits per heavy atom. The Labute approximate surface area is 176 Å². The summed E-state index contributed by atoms with van der Waals surface area (Å²) in [5.41, 5.74) is 1.66. The molecule has 1 atom stereocenters. The van der Waals surface area contributed by atoms with Gasteiger partial charge in [-0.25, -0.2) is 8.42 Å². The number of methoxy groups -OCH3 is 1. The van der Waals surface area contributed by atoms with E-state index >= 15 is 0 Å². The van der Waals surface area contributed by atoms with E-state index in [0.29, 0.717) is 36.7 Å². The minimum absolute atomic E-state index is 0.136. The van der Waals surface area contributed by atoms with E-state index in [9.17, 15) is 13.2 Å². The Morgan fingerprint density at radius 1 is 1.28 bits per heavy atom. The van der Waals surface area contributed by atoms with Crippen LogP contribution in [0.5, 0.6) is 5.75 Å². The van der Waals surface area contributed by atoms with Crippen LogP contribution in [-0.4, -0.2) is 38.8 Å². The fourth-order valence-corrected chi connectivity index (χ4v) is 5.43. The van der Waals surface area contributed by atoms with Gasteiger partial charge in [0.05, 0.1) is 13.0 Å². The van der Waals surface area contributed by atoms with Crippen LogP contribution in [0.3, 0.4) is 0 Å². The van der Waals surface area contributed by atoms with Crippen molar-refractivity contribution in [2.75, 3.05) is 20.2 Å². The van der Waals surface area contributed by atoms with Crippen molar-refractivity contribution < 1.29 is 17.9 Å². The second-order valence-corrected chi connectivity index (χ2v) is 9.48. The van der Waals surface area contributed by atoms with Gasteiger partial charge < -0.3 is 10.1 Å². The van der Waals surface area contributed by atoms with Gasteiger partial charge in [-0.15, -0.1) is 0 Å². The summed E-state index contributed by atoms with van der Waals surface area (Å²) in [6.07, 6.45) is 1.27. The smallest absolute Gasteiger partial charge is 0.246 e. The highest BCUT2D eigenvalue weighted by Gasteiger charge is 2.34. The number of hydrogen-bond donors (Lipinski definition) is 1. The number of nitrogens with one attached hydrogen (secondary N) is 1. The molecule has 29 heavy (non-hydrogen) atoms. The first kappa shape index (κ1) is 21.6. The lowest BCUT2D eigenvalue weighted by Gasteiger charge is -2.31. The molecule has 1 N–H and O–H groups in total. The van der Waals surface area contributed by atoms with E-state index in [1.54, 1.807) is 24.3 Å². The number of aryl methyl sites for hydroxylation is 1. The van der Waals surface area contributed by atoms with E-state index in [0.717, 1.165) is 11.1 Å². The van der Waals surface area contributed by atoms with E-state index in [-0.39, 0.29) is 17.3 Å². The summed E-state index contributed by atoms with van der Waals surface area (Å²) in [4.78, 5) is 12.8. The van der Waals surface area contributed by atoms with Crippen LogP contribution < -0.4 is 10.1 Å². The molecule has 1 unspecified atom stereocenters.